The molecule has 0 aliphatic rings. The predicted molar refractivity (Wildman–Crippen MR) is 74.7 cm³/mol. The van der Waals surface area contributed by atoms with E-state index in [0.29, 0.717) is 18.3 Å². The smallest absolute Gasteiger partial charge is 0.224 e. The van der Waals surface area contributed by atoms with Crippen LogP contribution in [0.25, 0.3) is 0 Å². The minimum absolute atomic E-state index is 0.544. The number of methoxy groups -OCH3 is 2. The van der Waals surface area contributed by atoms with Gasteiger partial charge in [0.25, 0.3) is 0 Å². The molecule has 0 atom stereocenters. The first-order valence-electron chi connectivity index (χ1n) is 5.91. The van der Waals surface area contributed by atoms with E-state index in [-0.39, 0.29) is 0 Å². The van der Waals surface area contributed by atoms with Crippen LogP contribution < -0.4 is 14.8 Å². The van der Waals surface area contributed by atoms with Crippen molar-refractivity contribution in [3.63, 3.8) is 0 Å². The lowest BCUT2D eigenvalue weighted by Gasteiger charge is -2.11. The summed E-state index contributed by atoms with van der Waals surface area (Å²) in [4.78, 5) is 9.51. The Bertz CT molecular complexity index is 520. The van der Waals surface area contributed by atoms with Gasteiger partial charge in [0, 0.05) is 18.0 Å². The lowest BCUT2D eigenvalue weighted by atomic mass is 10.2. The number of hydrogen-bond donors (Lipinski definition) is 1. The van der Waals surface area contributed by atoms with Crippen LogP contribution >= 0.6 is 11.3 Å². The van der Waals surface area contributed by atoms with Crippen LogP contribution in [-0.4, -0.2) is 24.2 Å². The first-order chi connectivity index (χ1) is 9.26. The molecule has 0 fully saturated rings. The van der Waals surface area contributed by atoms with E-state index < -0.39 is 0 Å². The third-order valence-electron chi connectivity index (χ3n) is 2.81. The van der Waals surface area contributed by atoms with Gasteiger partial charge in [0.2, 0.25) is 11.8 Å². The Hall–Kier alpha value is -1.66. The third kappa shape index (κ3) is 3.21. The van der Waals surface area contributed by atoms with Gasteiger partial charge in [-0.2, -0.15) is 0 Å². The highest BCUT2D eigenvalue weighted by Crippen LogP contribution is 2.23. The number of hydrogen-bond acceptors (Lipinski definition) is 6. The van der Waals surface area contributed by atoms with Gasteiger partial charge in [-0.3, -0.25) is 0 Å². The highest BCUT2D eigenvalue weighted by molar-refractivity contribution is 7.10. The molecule has 2 rings (SSSR count). The Morgan fingerprint density at radius 1 is 1.16 bits per heavy atom. The van der Waals surface area contributed by atoms with Gasteiger partial charge >= 0.3 is 0 Å². The van der Waals surface area contributed by atoms with E-state index in [2.05, 4.69) is 33.7 Å². The van der Waals surface area contributed by atoms with Crippen LogP contribution in [0.5, 0.6) is 11.8 Å². The number of ether oxygens (including phenoxy) is 2. The summed E-state index contributed by atoms with van der Waals surface area (Å²) in [5.74, 6) is 1.09. The lowest BCUT2D eigenvalue weighted by molar-refractivity contribution is 0.359. The lowest BCUT2D eigenvalue weighted by Crippen LogP contribution is -2.15. The molecular formula is C13H17N3O2S. The molecule has 102 valence electrons. The predicted octanol–water partition coefficient (Wildman–Crippen LogP) is 2.15. The summed E-state index contributed by atoms with van der Waals surface area (Å²) in [6.45, 7) is 3.52. The van der Waals surface area contributed by atoms with Crippen molar-refractivity contribution in [1.29, 1.82) is 0 Å². The fraction of sp³-hybridized carbons (Fsp3) is 0.385. The minimum Gasteiger partial charge on any atom is -0.481 e. The summed E-state index contributed by atoms with van der Waals surface area (Å²) >= 11 is 1.75. The number of aromatic nitrogens is 2. The average Bonchev–Trinajstić information content (AvgIpc) is 2.84. The van der Waals surface area contributed by atoms with Gasteiger partial charge in [-0.1, -0.05) is 0 Å². The fourth-order valence-electron chi connectivity index (χ4n) is 1.77. The zero-order valence-corrected chi connectivity index (χ0v) is 12.1. The van der Waals surface area contributed by atoms with Gasteiger partial charge in [0.15, 0.2) is 0 Å². The first-order valence-corrected chi connectivity index (χ1v) is 6.79. The van der Waals surface area contributed by atoms with Crippen molar-refractivity contribution in [2.24, 2.45) is 0 Å². The molecule has 0 aliphatic heterocycles. The molecule has 0 saturated carbocycles. The summed E-state index contributed by atoms with van der Waals surface area (Å²) in [6, 6.07) is 2.12. The molecule has 2 heterocycles. The molecule has 19 heavy (non-hydrogen) atoms. The van der Waals surface area contributed by atoms with Crippen molar-refractivity contribution in [2.45, 2.75) is 20.0 Å². The molecule has 0 bridgehead atoms. The maximum Gasteiger partial charge on any atom is 0.224 e. The van der Waals surface area contributed by atoms with E-state index in [1.54, 1.807) is 25.6 Å². The van der Waals surface area contributed by atoms with E-state index in [1.165, 1.54) is 16.8 Å². The molecule has 2 aromatic rings. The van der Waals surface area contributed by atoms with Crippen molar-refractivity contribution in [3.05, 3.63) is 33.8 Å². The summed E-state index contributed by atoms with van der Waals surface area (Å²) in [6.07, 6.45) is 1.44. The van der Waals surface area contributed by atoms with Crippen LogP contribution in [-0.2, 0) is 13.1 Å². The number of nitrogens with zero attached hydrogens (tertiary/aromatic N) is 2. The molecule has 0 saturated heterocycles. The Kier molecular flexibility index (Phi) is 4.70. The molecule has 6 heteroatoms. The Morgan fingerprint density at radius 3 is 2.37 bits per heavy atom. The van der Waals surface area contributed by atoms with Crippen LogP contribution in [0.4, 0.5) is 0 Å². The van der Waals surface area contributed by atoms with Crippen molar-refractivity contribution in [2.75, 3.05) is 14.2 Å². The van der Waals surface area contributed by atoms with Crippen LogP contribution in [0.2, 0.25) is 0 Å². The van der Waals surface area contributed by atoms with Crippen molar-refractivity contribution in [3.8, 4) is 11.8 Å². The number of thiophene rings is 1. The normalized spacial score (nSPS) is 10.5. The molecule has 0 unspecified atom stereocenters. The van der Waals surface area contributed by atoms with E-state index in [9.17, 15) is 0 Å². The summed E-state index contributed by atoms with van der Waals surface area (Å²) in [7, 11) is 3.18. The van der Waals surface area contributed by atoms with E-state index >= 15 is 0 Å². The van der Waals surface area contributed by atoms with Crippen molar-refractivity contribution >= 4 is 11.3 Å². The van der Waals surface area contributed by atoms with Gasteiger partial charge in [0.1, 0.15) is 6.33 Å². The molecule has 0 spiro atoms. The third-order valence-corrected chi connectivity index (χ3v) is 3.83. The molecule has 0 aromatic carbocycles. The highest BCUT2D eigenvalue weighted by atomic mass is 32.1. The average molecular weight is 279 g/mol. The van der Waals surface area contributed by atoms with Gasteiger partial charge in [0.05, 0.1) is 19.8 Å². The summed E-state index contributed by atoms with van der Waals surface area (Å²) in [5.41, 5.74) is 2.14. The summed E-state index contributed by atoms with van der Waals surface area (Å²) in [5, 5.41) is 5.46. The molecule has 0 amide bonds. The molecular weight excluding hydrogens is 262 g/mol. The minimum atomic E-state index is 0.544. The second-order valence-electron chi connectivity index (χ2n) is 4.00. The molecule has 2 aromatic heterocycles. The summed E-state index contributed by atoms with van der Waals surface area (Å²) < 4.78 is 10.5. The number of nitrogens with one attached hydrogen (secondary N) is 1. The van der Waals surface area contributed by atoms with Gasteiger partial charge in [-0.15, -0.1) is 11.3 Å². The Morgan fingerprint density at radius 2 is 1.84 bits per heavy atom. The van der Waals surface area contributed by atoms with Gasteiger partial charge < -0.3 is 14.8 Å². The second kappa shape index (κ2) is 6.49. The maximum absolute atomic E-state index is 5.23. The van der Waals surface area contributed by atoms with E-state index in [0.717, 1.165) is 12.1 Å². The largest absolute Gasteiger partial charge is 0.481 e. The monoisotopic (exact) mass is 279 g/mol. The molecule has 1 N–H and O–H groups in total. The second-order valence-corrected chi connectivity index (χ2v) is 5.00. The molecule has 0 aliphatic carbocycles. The number of aryl methyl sites for hydroxylation is 1. The van der Waals surface area contributed by atoms with Crippen LogP contribution in [0.3, 0.4) is 0 Å². The fourth-order valence-corrected chi connectivity index (χ4v) is 2.65. The standard InChI is InChI=1S/C13H17N3O2S/c1-9-4-5-19-11(9)7-14-6-10-12(17-2)15-8-16-13(10)18-3/h4-5,8,14H,6-7H2,1-3H3. The molecule has 0 radical (unpaired) electrons. The Labute approximate surface area is 116 Å². The SMILES string of the molecule is COc1ncnc(OC)c1CNCc1sccc1C. The van der Waals surface area contributed by atoms with Crippen LogP contribution in [0, 0.1) is 6.92 Å². The van der Waals surface area contributed by atoms with Crippen molar-refractivity contribution < 1.29 is 9.47 Å². The quantitative estimate of drug-likeness (QED) is 0.878. The van der Waals surface area contributed by atoms with E-state index in [1.807, 2.05) is 0 Å². The van der Waals surface area contributed by atoms with Gasteiger partial charge in [-0.05, 0) is 23.9 Å². The first kappa shape index (κ1) is 13.8. The Balaban J connectivity index is 2.04. The maximum atomic E-state index is 5.23. The van der Waals surface area contributed by atoms with E-state index in [4.69, 9.17) is 9.47 Å². The number of rotatable bonds is 6. The van der Waals surface area contributed by atoms with Crippen molar-refractivity contribution in [1.82, 2.24) is 15.3 Å². The van der Waals surface area contributed by atoms with Crippen LogP contribution in [0.1, 0.15) is 16.0 Å². The topological polar surface area (TPSA) is 56.3 Å². The molecule has 5 nitrogen and oxygen atoms in total. The van der Waals surface area contributed by atoms with Gasteiger partial charge in [-0.25, -0.2) is 9.97 Å². The zero-order chi connectivity index (χ0) is 13.7. The zero-order valence-electron chi connectivity index (χ0n) is 11.3. The van der Waals surface area contributed by atoms with Crippen LogP contribution in [0.15, 0.2) is 17.8 Å². The highest BCUT2D eigenvalue weighted by Gasteiger charge is 2.12.